The second-order valence-electron chi connectivity index (χ2n) is 6.23. The summed E-state index contributed by atoms with van der Waals surface area (Å²) < 4.78 is 29.9. The van der Waals surface area contributed by atoms with E-state index in [1.807, 2.05) is 60.7 Å². The number of aryl methyl sites for hydroxylation is 2. The van der Waals surface area contributed by atoms with Crippen molar-refractivity contribution >= 4 is 10.0 Å². The van der Waals surface area contributed by atoms with E-state index in [0.29, 0.717) is 17.9 Å². The zero-order chi connectivity index (χ0) is 18.6. The highest BCUT2D eigenvalue weighted by Gasteiger charge is 2.24. The van der Waals surface area contributed by atoms with Crippen molar-refractivity contribution in [3.63, 3.8) is 0 Å². The highest BCUT2D eigenvalue weighted by Crippen LogP contribution is 2.22. The molecule has 0 saturated heterocycles. The Morgan fingerprint density at radius 3 is 2.23 bits per heavy atom. The van der Waals surface area contributed by atoms with Crippen molar-refractivity contribution in [1.82, 2.24) is 14.5 Å². The lowest BCUT2D eigenvalue weighted by atomic mass is 10.1. The Kier molecular flexibility index (Phi) is 5.54. The molecule has 1 aromatic heterocycles. The van der Waals surface area contributed by atoms with Crippen LogP contribution in [-0.4, -0.2) is 24.7 Å². The summed E-state index contributed by atoms with van der Waals surface area (Å²) in [5, 5.41) is 4.42. The monoisotopic (exact) mass is 369 g/mol. The van der Waals surface area contributed by atoms with Gasteiger partial charge >= 0.3 is 0 Å². The van der Waals surface area contributed by atoms with Gasteiger partial charge in [-0.05, 0) is 44.4 Å². The van der Waals surface area contributed by atoms with Gasteiger partial charge in [0, 0.05) is 6.54 Å². The third kappa shape index (κ3) is 4.03. The van der Waals surface area contributed by atoms with Gasteiger partial charge in [0.25, 0.3) is 0 Å². The highest BCUT2D eigenvalue weighted by molar-refractivity contribution is 7.89. The number of aromatic nitrogens is 2. The maximum atomic E-state index is 12.8. The fraction of sp³-hybridized carbons (Fsp3) is 0.250. The van der Waals surface area contributed by atoms with Gasteiger partial charge in [-0.3, -0.25) is 0 Å². The summed E-state index contributed by atoms with van der Waals surface area (Å²) in [6.07, 6.45) is 1.58. The van der Waals surface area contributed by atoms with Crippen LogP contribution in [0.25, 0.3) is 5.69 Å². The number of nitrogens with one attached hydrogen (secondary N) is 1. The van der Waals surface area contributed by atoms with Gasteiger partial charge in [0.05, 0.1) is 17.1 Å². The van der Waals surface area contributed by atoms with Gasteiger partial charge < -0.3 is 0 Å². The number of para-hydroxylation sites is 1. The molecule has 2 aromatic carbocycles. The second kappa shape index (κ2) is 7.85. The largest absolute Gasteiger partial charge is 0.244 e. The van der Waals surface area contributed by atoms with Crippen molar-refractivity contribution in [1.29, 1.82) is 0 Å². The van der Waals surface area contributed by atoms with E-state index in [1.165, 1.54) is 5.56 Å². The molecule has 1 heterocycles. The lowest BCUT2D eigenvalue weighted by Crippen LogP contribution is -2.26. The molecule has 0 atom stereocenters. The van der Waals surface area contributed by atoms with Gasteiger partial charge in [0.2, 0.25) is 10.0 Å². The Hall–Kier alpha value is -2.44. The quantitative estimate of drug-likeness (QED) is 0.649. The van der Waals surface area contributed by atoms with E-state index >= 15 is 0 Å². The Morgan fingerprint density at radius 2 is 1.58 bits per heavy atom. The Morgan fingerprint density at radius 1 is 0.962 bits per heavy atom. The summed E-state index contributed by atoms with van der Waals surface area (Å²) >= 11 is 0. The molecule has 0 spiro atoms. The van der Waals surface area contributed by atoms with Crippen LogP contribution < -0.4 is 4.72 Å². The lowest BCUT2D eigenvalue weighted by Gasteiger charge is -2.08. The minimum atomic E-state index is -3.60. The molecular weight excluding hydrogens is 346 g/mol. The van der Waals surface area contributed by atoms with Crippen molar-refractivity contribution in [2.45, 2.75) is 31.6 Å². The van der Waals surface area contributed by atoms with Gasteiger partial charge in [-0.15, -0.1) is 0 Å². The summed E-state index contributed by atoms with van der Waals surface area (Å²) in [5.74, 6) is 0. The number of rotatable bonds is 7. The first kappa shape index (κ1) is 18.4. The van der Waals surface area contributed by atoms with Gasteiger partial charge in [0.15, 0.2) is 0 Å². The van der Waals surface area contributed by atoms with Gasteiger partial charge in [-0.25, -0.2) is 17.8 Å². The van der Waals surface area contributed by atoms with Crippen molar-refractivity contribution in [2.75, 3.05) is 6.54 Å². The Bertz CT molecular complexity index is 965. The van der Waals surface area contributed by atoms with E-state index in [2.05, 4.69) is 9.82 Å². The molecule has 5 nitrogen and oxygen atoms in total. The van der Waals surface area contributed by atoms with Crippen molar-refractivity contribution in [2.24, 2.45) is 0 Å². The fourth-order valence-corrected chi connectivity index (χ4v) is 4.52. The summed E-state index contributed by atoms with van der Waals surface area (Å²) in [6.45, 7) is 3.91. The van der Waals surface area contributed by atoms with Crippen LogP contribution in [-0.2, 0) is 16.4 Å². The molecule has 0 radical (unpaired) electrons. The fourth-order valence-electron chi connectivity index (χ4n) is 3.05. The maximum Gasteiger partial charge on any atom is 0.244 e. The molecule has 136 valence electrons. The molecule has 0 amide bonds. The lowest BCUT2D eigenvalue weighted by molar-refractivity contribution is 0.577. The highest BCUT2D eigenvalue weighted by atomic mass is 32.2. The van der Waals surface area contributed by atoms with E-state index in [4.69, 9.17) is 0 Å². The average Bonchev–Trinajstić information content (AvgIpc) is 2.95. The van der Waals surface area contributed by atoms with E-state index < -0.39 is 10.0 Å². The number of hydrogen-bond acceptors (Lipinski definition) is 3. The van der Waals surface area contributed by atoms with Crippen molar-refractivity contribution in [3.8, 4) is 5.69 Å². The molecule has 0 aliphatic heterocycles. The average molecular weight is 369 g/mol. The van der Waals surface area contributed by atoms with Crippen LogP contribution in [0.2, 0.25) is 0 Å². The Labute approximate surface area is 154 Å². The number of benzene rings is 2. The first-order chi connectivity index (χ1) is 12.5. The molecule has 0 bridgehead atoms. The van der Waals surface area contributed by atoms with Crippen molar-refractivity contribution in [3.05, 3.63) is 77.6 Å². The van der Waals surface area contributed by atoms with Crippen LogP contribution in [0.1, 0.15) is 23.4 Å². The molecule has 3 aromatic rings. The van der Waals surface area contributed by atoms with Crippen LogP contribution in [0.5, 0.6) is 0 Å². The van der Waals surface area contributed by atoms with Gasteiger partial charge in [0.1, 0.15) is 4.90 Å². The molecule has 0 aliphatic rings. The molecule has 26 heavy (non-hydrogen) atoms. The van der Waals surface area contributed by atoms with Crippen LogP contribution in [0.4, 0.5) is 0 Å². The third-order valence-electron chi connectivity index (χ3n) is 4.27. The summed E-state index contributed by atoms with van der Waals surface area (Å²) in [5.41, 5.74) is 3.17. The molecule has 0 saturated carbocycles. The predicted molar refractivity (Wildman–Crippen MR) is 103 cm³/mol. The van der Waals surface area contributed by atoms with E-state index in [1.54, 1.807) is 18.5 Å². The molecule has 0 aliphatic carbocycles. The van der Waals surface area contributed by atoms with Crippen LogP contribution in [0.3, 0.4) is 0 Å². The van der Waals surface area contributed by atoms with Gasteiger partial charge in [-0.1, -0.05) is 48.5 Å². The van der Waals surface area contributed by atoms with E-state index in [-0.39, 0.29) is 4.90 Å². The van der Waals surface area contributed by atoms with Crippen molar-refractivity contribution < 1.29 is 8.42 Å². The molecule has 3 rings (SSSR count). The zero-order valence-corrected chi connectivity index (χ0v) is 15.8. The smallest absolute Gasteiger partial charge is 0.236 e. The van der Waals surface area contributed by atoms with Crippen LogP contribution in [0.15, 0.2) is 65.6 Å². The predicted octanol–water partition coefficient (Wildman–Crippen LogP) is 3.40. The standard InChI is InChI=1S/C20H23N3O2S/c1-16-20(17(2)23(22-16)19-13-7-4-8-14-19)26(24,25)21-15-9-12-18-10-5-3-6-11-18/h3-8,10-11,13-14,21H,9,12,15H2,1-2H3. The minimum absolute atomic E-state index is 0.265. The summed E-state index contributed by atoms with van der Waals surface area (Å²) in [6, 6.07) is 19.6. The summed E-state index contributed by atoms with van der Waals surface area (Å²) in [4.78, 5) is 0.265. The van der Waals surface area contributed by atoms with E-state index in [0.717, 1.165) is 18.5 Å². The number of hydrogen-bond donors (Lipinski definition) is 1. The maximum absolute atomic E-state index is 12.8. The molecule has 0 fully saturated rings. The normalized spacial score (nSPS) is 11.6. The number of sulfonamides is 1. The topological polar surface area (TPSA) is 64.0 Å². The number of nitrogens with zero attached hydrogens (tertiary/aromatic N) is 2. The molecule has 0 unspecified atom stereocenters. The first-order valence-corrected chi connectivity index (χ1v) is 10.1. The van der Waals surface area contributed by atoms with E-state index in [9.17, 15) is 8.42 Å². The SMILES string of the molecule is Cc1nn(-c2ccccc2)c(C)c1S(=O)(=O)NCCCc1ccccc1. The molecule has 1 N–H and O–H groups in total. The van der Waals surface area contributed by atoms with Crippen LogP contribution in [0, 0.1) is 13.8 Å². The zero-order valence-electron chi connectivity index (χ0n) is 15.0. The summed E-state index contributed by atoms with van der Waals surface area (Å²) in [7, 11) is -3.60. The van der Waals surface area contributed by atoms with Crippen LogP contribution >= 0.6 is 0 Å². The first-order valence-electron chi connectivity index (χ1n) is 8.64. The van der Waals surface area contributed by atoms with Gasteiger partial charge in [-0.2, -0.15) is 5.10 Å². The molecule has 6 heteroatoms. The Balaban J connectivity index is 1.72. The minimum Gasteiger partial charge on any atom is -0.236 e. The molecular formula is C20H23N3O2S. The second-order valence-corrected chi connectivity index (χ2v) is 7.94. The third-order valence-corrected chi connectivity index (χ3v) is 5.98.